The summed E-state index contributed by atoms with van der Waals surface area (Å²) in [6, 6.07) is 0. The number of rotatable bonds is 0. The minimum absolute atomic E-state index is 0. The van der Waals surface area contributed by atoms with E-state index in [1.807, 2.05) is 0 Å². The fraction of sp³-hybridized carbons (Fsp3) is 0. The molecule has 12 nitrogen and oxygen atoms in total. The Hall–Kier alpha value is 3.52. The molecule has 0 rings (SSSR count). The zero-order valence-electron chi connectivity index (χ0n) is 11.5. The summed E-state index contributed by atoms with van der Waals surface area (Å²) in [5.41, 5.74) is 0. The third-order valence-electron chi connectivity index (χ3n) is 0. The SMILES string of the molecule is [O-]B([O-])[O-].[O-]B([O-])[O-].[O-]B([O-])[O-].[O-]B([O-])[O-].[Zn+2].[Zn+2].[Zn+2].[Zn+2].[Zn+2].[Zn+2]. The van der Waals surface area contributed by atoms with Gasteiger partial charge in [0.1, 0.15) is 0 Å². The summed E-state index contributed by atoms with van der Waals surface area (Å²) in [4.78, 5) is 0. The van der Waals surface area contributed by atoms with E-state index >= 15 is 0 Å². The van der Waals surface area contributed by atoms with Crippen molar-refractivity contribution < 1.29 is 177 Å². The van der Waals surface area contributed by atoms with Gasteiger partial charge in [0.2, 0.25) is 0 Å². The Kier molecular flexibility index (Phi) is 163. The Labute approximate surface area is 204 Å². The van der Waals surface area contributed by atoms with Crippen molar-refractivity contribution in [3.05, 3.63) is 0 Å². The Morgan fingerprint density at radius 2 is 0.227 bits per heavy atom. The Bertz CT molecular complexity index is 74.6. The predicted octanol–water partition coefficient (Wildman–Crippen LogP) is -15.8. The molecule has 0 radical (unpaired) electrons. The zero-order valence-corrected chi connectivity index (χ0v) is 29.3. The molecule has 0 unspecified atom stereocenters. The first-order valence-corrected chi connectivity index (χ1v) is 2.83. The molecule has 0 heterocycles. The second-order valence-corrected chi connectivity index (χ2v) is 1.15. The van der Waals surface area contributed by atoms with E-state index in [9.17, 15) is 0 Å². The summed E-state index contributed by atoms with van der Waals surface area (Å²) in [7, 11) is -11.7. The van der Waals surface area contributed by atoms with Crippen LogP contribution in [0.4, 0.5) is 0 Å². The molecule has 0 aliphatic carbocycles. The topological polar surface area (TPSA) is 277 Å². The average Bonchev–Trinajstić information content (AvgIpc) is 1.76. The molecule has 22 heteroatoms. The average molecular weight is 628 g/mol. The van der Waals surface area contributed by atoms with Gasteiger partial charge in [-0.1, -0.05) is 0 Å². The van der Waals surface area contributed by atoms with Gasteiger partial charge in [0, 0.05) is 0 Å². The van der Waals surface area contributed by atoms with Crippen molar-refractivity contribution in [2.24, 2.45) is 0 Å². The van der Waals surface area contributed by atoms with Gasteiger partial charge < -0.3 is 60.3 Å². The quantitative estimate of drug-likeness (QED) is 0.226. The van der Waals surface area contributed by atoms with Gasteiger partial charge in [-0.3, -0.25) is 29.3 Å². The maximum absolute atomic E-state index is 8.42. The van der Waals surface area contributed by atoms with Crippen LogP contribution in [0.15, 0.2) is 0 Å². The first-order chi connectivity index (χ1) is 6.93. The van der Waals surface area contributed by atoms with Crippen LogP contribution in [0.3, 0.4) is 0 Å². The smallest absolute Gasteiger partial charge is 0.907 e. The maximum Gasteiger partial charge on any atom is 2.00 e. The van der Waals surface area contributed by atoms with Crippen molar-refractivity contribution in [3.8, 4) is 0 Å². The molecule has 22 heavy (non-hydrogen) atoms. The molecular weight excluding hydrogens is 628 g/mol. The largest absolute Gasteiger partial charge is 2.00 e. The second kappa shape index (κ2) is 56.3. The molecule has 0 aromatic rings. The molecule has 0 spiro atoms. The molecule has 0 amide bonds. The minimum Gasteiger partial charge on any atom is -0.907 e. The molecule has 0 atom stereocenters. The first kappa shape index (κ1) is 63.7. The summed E-state index contributed by atoms with van der Waals surface area (Å²) in [5, 5.41) is 101. The molecule has 0 aliphatic heterocycles. The molecule has 0 bridgehead atoms. The number of hydrogen-bond donors (Lipinski definition) is 0. The van der Waals surface area contributed by atoms with Gasteiger partial charge in [-0.2, -0.15) is 0 Å². The molecule has 0 aromatic carbocycles. The third kappa shape index (κ3) is 963. The van der Waals surface area contributed by atoms with Crippen LogP contribution in [0.25, 0.3) is 0 Å². The van der Waals surface area contributed by atoms with Gasteiger partial charge in [-0.05, 0) is 0 Å². The van der Waals surface area contributed by atoms with Crippen LogP contribution in [0.2, 0.25) is 0 Å². The summed E-state index contributed by atoms with van der Waals surface area (Å²) < 4.78 is 0. The van der Waals surface area contributed by atoms with Crippen LogP contribution < -0.4 is 60.3 Å². The Balaban J connectivity index is -0.00000001000. The van der Waals surface area contributed by atoms with E-state index in [0.29, 0.717) is 0 Å². The Morgan fingerprint density at radius 1 is 0.227 bits per heavy atom. The van der Waals surface area contributed by atoms with Crippen molar-refractivity contribution >= 4 is 29.3 Å². The predicted molar refractivity (Wildman–Crippen MR) is 23.0 cm³/mol. The standard InChI is InChI=1S/4BO3.6Zn/c4*2-1(3)4;;;;;;/q4*-3;6*+2. The zero-order chi connectivity index (χ0) is 14.3. The monoisotopic (exact) mass is 620 g/mol. The van der Waals surface area contributed by atoms with Gasteiger partial charge in [-0.15, -0.1) is 0 Å². The van der Waals surface area contributed by atoms with Crippen LogP contribution in [-0.2, 0) is 117 Å². The van der Waals surface area contributed by atoms with Gasteiger partial charge in [0.15, 0.2) is 0 Å². The van der Waals surface area contributed by atoms with E-state index in [2.05, 4.69) is 0 Å². The molecule has 0 aliphatic rings. The van der Waals surface area contributed by atoms with Gasteiger partial charge in [-0.25, -0.2) is 0 Å². The summed E-state index contributed by atoms with van der Waals surface area (Å²) in [5.74, 6) is 0. The van der Waals surface area contributed by atoms with Crippen molar-refractivity contribution in [2.75, 3.05) is 0 Å². The van der Waals surface area contributed by atoms with Crippen LogP contribution in [0.5, 0.6) is 0 Å². The van der Waals surface area contributed by atoms with E-state index in [4.69, 9.17) is 60.3 Å². The van der Waals surface area contributed by atoms with Gasteiger partial charge >= 0.3 is 117 Å². The van der Waals surface area contributed by atoms with Crippen molar-refractivity contribution in [2.45, 2.75) is 0 Å². The van der Waals surface area contributed by atoms with Crippen LogP contribution in [0.1, 0.15) is 0 Å². The van der Waals surface area contributed by atoms with Crippen LogP contribution in [-0.4, -0.2) is 29.3 Å². The summed E-state index contributed by atoms with van der Waals surface area (Å²) in [6.07, 6.45) is 0. The fourth-order valence-corrected chi connectivity index (χ4v) is 0. The summed E-state index contributed by atoms with van der Waals surface area (Å²) in [6.45, 7) is 0. The molecule has 0 N–H and O–H groups in total. The van der Waals surface area contributed by atoms with Gasteiger partial charge in [0.05, 0.1) is 0 Å². The molecule has 0 fully saturated rings. The van der Waals surface area contributed by atoms with Crippen molar-refractivity contribution in [1.29, 1.82) is 0 Å². The van der Waals surface area contributed by atoms with Crippen molar-refractivity contribution in [1.82, 2.24) is 0 Å². The van der Waals surface area contributed by atoms with E-state index in [0.717, 1.165) is 0 Å². The van der Waals surface area contributed by atoms with Crippen molar-refractivity contribution in [3.63, 3.8) is 0 Å². The normalized spacial score (nSPS) is 4.91. The number of hydrogen-bond acceptors (Lipinski definition) is 12. The first-order valence-electron chi connectivity index (χ1n) is 2.83. The fourth-order valence-electron chi connectivity index (χ4n) is 0. The van der Waals surface area contributed by atoms with Gasteiger partial charge in [0.25, 0.3) is 0 Å². The second-order valence-electron chi connectivity index (χ2n) is 1.15. The minimum atomic E-state index is -2.92. The third-order valence-corrected chi connectivity index (χ3v) is 0. The van der Waals surface area contributed by atoms with E-state index in [1.165, 1.54) is 0 Å². The Morgan fingerprint density at radius 3 is 0.227 bits per heavy atom. The van der Waals surface area contributed by atoms with E-state index < -0.39 is 29.3 Å². The summed E-state index contributed by atoms with van der Waals surface area (Å²) >= 11 is 0. The molecule has 0 aromatic heterocycles. The molecular formula is B4O12Zn6. The van der Waals surface area contributed by atoms with Crippen LogP contribution in [0, 0.1) is 0 Å². The van der Waals surface area contributed by atoms with E-state index in [-0.39, 0.29) is 117 Å². The van der Waals surface area contributed by atoms with E-state index in [1.54, 1.807) is 0 Å². The molecule has 0 saturated heterocycles. The molecule has 96 valence electrons. The van der Waals surface area contributed by atoms with Crippen LogP contribution >= 0.6 is 0 Å². The maximum atomic E-state index is 8.42. The molecule has 0 saturated carbocycles.